The molecule has 1 N–H and O–H groups in total. The molecule has 2 aliphatic heterocycles. The van der Waals surface area contributed by atoms with Crippen molar-refractivity contribution in [1.29, 1.82) is 0 Å². The lowest BCUT2D eigenvalue weighted by atomic mass is 9.83. The van der Waals surface area contributed by atoms with E-state index in [0.29, 0.717) is 32.5 Å². The van der Waals surface area contributed by atoms with E-state index in [-0.39, 0.29) is 24.5 Å². The van der Waals surface area contributed by atoms with E-state index in [2.05, 4.69) is 10.2 Å². The highest BCUT2D eigenvalue weighted by molar-refractivity contribution is 5.76. The standard InChI is InChI=1S/C27H32F6N2O2/c1-18(20-13-22(26(28,29)30)15-23(14-20)27(31,32)33)37-17-25(21-7-3-2-4-8-21)9-5-6-19-12-24(36)34-10-11-35(25)16-19/h2-4,7-8,13,15,18-20H,5-6,9-12,14,16-17H2,1H3,(H,34,36)/t18-,19?,20?,25-/m1/s1. The van der Waals surface area contributed by atoms with Gasteiger partial charge < -0.3 is 10.1 Å². The van der Waals surface area contributed by atoms with Gasteiger partial charge in [-0.05, 0) is 43.7 Å². The van der Waals surface area contributed by atoms with Crippen molar-refractivity contribution in [3.05, 3.63) is 59.2 Å². The maximum atomic E-state index is 13.4. The number of nitrogens with zero attached hydrogens (tertiary/aromatic N) is 1. The predicted molar refractivity (Wildman–Crippen MR) is 126 cm³/mol. The van der Waals surface area contributed by atoms with Crippen LogP contribution in [0, 0.1) is 11.8 Å². The van der Waals surface area contributed by atoms with Gasteiger partial charge in [-0.15, -0.1) is 0 Å². The number of allylic oxidation sites excluding steroid dienone is 3. The number of alkyl halides is 6. The second-order valence-electron chi connectivity index (χ2n) is 10.3. The number of nitrogens with one attached hydrogen (secondary N) is 1. The first kappa shape index (κ1) is 27.7. The summed E-state index contributed by atoms with van der Waals surface area (Å²) in [6, 6.07) is 9.68. The molecule has 0 saturated carbocycles. The molecule has 5 atom stereocenters. The van der Waals surface area contributed by atoms with Crippen LogP contribution in [0.1, 0.15) is 44.6 Å². The molecule has 3 unspecified atom stereocenters. The van der Waals surface area contributed by atoms with E-state index >= 15 is 0 Å². The van der Waals surface area contributed by atoms with Crippen molar-refractivity contribution in [3.8, 4) is 0 Å². The summed E-state index contributed by atoms with van der Waals surface area (Å²) in [4.78, 5) is 14.4. The Morgan fingerprint density at radius 2 is 1.84 bits per heavy atom. The molecule has 1 amide bonds. The van der Waals surface area contributed by atoms with Crippen LogP contribution in [0.3, 0.4) is 0 Å². The second kappa shape index (κ2) is 10.8. The normalized spacial score (nSPS) is 30.2. The number of hydrogen-bond donors (Lipinski definition) is 1. The maximum Gasteiger partial charge on any atom is 0.416 e. The molecule has 1 aliphatic carbocycles. The number of fused-ring (bicyclic) bond motifs is 2. The van der Waals surface area contributed by atoms with E-state index in [1.165, 1.54) is 0 Å². The molecule has 1 aromatic carbocycles. The van der Waals surface area contributed by atoms with Crippen LogP contribution in [0.2, 0.25) is 0 Å². The zero-order valence-corrected chi connectivity index (χ0v) is 20.7. The van der Waals surface area contributed by atoms with Crippen molar-refractivity contribution in [2.24, 2.45) is 11.8 Å². The zero-order chi connectivity index (χ0) is 26.8. The molecule has 0 spiro atoms. The van der Waals surface area contributed by atoms with Crippen molar-refractivity contribution in [2.75, 3.05) is 26.2 Å². The Labute approximate surface area is 212 Å². The van der Waals surface area contributed by atoms with Crippen molar-refractivity contribution < 1.29 is 35.9 Å². The average molecular weight is 531 g/mol. The Kier molecular flexibility index (Phi) is 8.09. The zero-order valence-electron chi connectivity index (χ0n) is 20.7. The van der Waals surface area contributed by atoms with Gasteiger partial charge in [0.1, 0.15) is 0 Å². The molecule has 0 radical (unpaired) electrons. The van der Waals surface area contributed by atoms with Gasteiger partial charge in [0.25, 0.3) is 0 Å². The lowest BCUT2D eigenvalue weighted by molar-refractivity contribution is -0.123. The molecular formula is C27H32F6N2O2. The van der Waals surface area contributed by atoms with Crippen LogP contribution in [0.4, 0.5) is 26.3 Å². The first-order valence-corrected chi connectivity index (χ1v) is 12.6. The number of rotatable bonds is 5. The van der Waals surface area contributed by atoms with E-state index in [9.17, 15) is 31.1 Å². The van der Waals surface area contributed by atoms with Crippen LogP contribution >= 0.6 is 0 Å². The minimum Gasteiger partial charge on any atom is -0.376 e. The van der Waals surface area contributed by atoms with Crippen LogP contribution < -0.4 is 5.32 Å². The van der Waals surface area contributed by atoms with E-state index in [1.54, 1.807) is 6.92 Å². The molecule has 2 fully saturated rings. The number of halogens is 6. The molecule has 2 saturated heterocycles. The SMILES string of the molecule is C[C@@H](OC[C@@]1(c2ccccc2)CCCC2CC(=O)NCCN1C2)C1C=C(C(F)(F)F)C=C(C(F)(F)F)C1. The lowest BCUT2D eigenvalue weighted by Gasteiger charge is -2.45. The molecule has 4 rings (SSSR count). The fraction of sp³-hybridized carbons (Fsp3) is 0.593. The fourth-order valence-electron chi connectivity index (χ4n) is 5.78. The Bertz CT molecular complexity index is 1020. The number of carbonyl (C=O) groups is 1. The summed E-state index contributed by atoms with van der Waals surface area (Å²) in [5.41, 5.74) is -2.11. The number of hydrogen-bond acceptors (Lipinski definition) is 3. The van der Waals surface area contributed by atoms with Crippen LogP contribution in [0.25, 0.3) is 0 Å². The fourth-order valence-corrected chi connectivity index (χ4v) is 5.78. The van der Waals surface area contributed by atoms with Gasteiger partial charge in [-0.1, -0.05) is 42.8 Å². The topological polar surface area (TPSA) is 41.6 Å². The van der Waals surface area contributed by atoms with Gasteiger partial charge in [0.05, 0.1) is 23.8 Å². The van der Waals surface area contributed by atoms with Crippen LogP contribution in [-0.2, 0) is 15.1 Å². The highest BCUT2D eigenvalue weighted by Gasteiger charge is 2.45. The number of carbonyl (C=O) groups excluding carboxylic acids is 1. The third-order valence-corrected chi connectivity index (χ3v) is 7.83. The molecule has 204 valence electrons. The van der Waals surface area contributed by atoms with Crippen molar-refractivity contribution in [2.45, 2.75) is 63.0 Å². The first-order valence-electron chi connectivity index (χ1n) is 12.6. The largest absolute Gasteiger partial charge is 0.416 e. The molecule has 1 aromatic rings. The van der Waals surface area contributed by atoms with Gasteiger partial charge in [-0.3, -0.25) is 9.69 Å². The predicted octanol–water partition coefficient (Wildman–Crippen LogP) is 5.91. The van der Waals surface area contributed by atoms with E-state index in [1.807, 2.05) is 30.3 Å². The Hall–Kier alpha value is -2.33. The number of amides is 1. The molecule has 2 bridgehead atoms. The Balaban J connectivity index is 1.60. The third kappa shape index (κ3) is 6.39. The molecule has 2 heterocycles. The number of benzene rings is 1. The highest BCUT2D eigenvalue weighted by atomic mass is 19.4. The quantitative estimate of drug-likeness (QED) is 0.482. The minimum absolute atomic E-state index is 0.0276. The minimum atomic E-state index is -4.88. The summed E-state index contributed by atoms with van der Waals surface area (Å²) in [5, 5.41) is 2.94. The summed E-state index contributed by atoms with van der Waals surface area (Å²) in [7, 11) is 0. The van der Waals surface area contributed by atoms with E-state index < -0.39 is 47.5 Å². The Morgan fingerprint density at radius 1 is 1.11 bits per heavy atom. The first-order chi connectivity index (χ1) is 17.4. The van der Waals surface area contributed by atoms with E-state index in [4.69, 9.17) is 4.74 Å². The van der Waals surface area contributed by atoms with Gasteiger partial charge in [-0.2, -0.15) is 26.3 Å². The van der Waals surface area contributed by atoms with Crippen LogP contribution in [-0.4, -0.2) is 55.5 Å². The summed E-state index contributed by atoms with van der Waals surface area (Å²) in [6.45, 7) is 3.35. The van der Waals surface area contributed by atoms with Gasteiger partial charge in [0.2, 0.25) is 5.91 Å². The second-order valence-corrected chi connectivity index (χ2v) is 10.3. The van der Waals surface area contributed by atoms with Crippen LogP contribution in [0.5, 0.6) is 0 Å². The van der Waals surface area contributed by atoms with Gasteiger partial charge in [-0.25, -0.2) is 0 Å². The molecule has 4 nitrogen and oxygen atoms in total. The van der Waals surface area contributed by atoms with Gasteiger partial charge in [0, 0.05) is 37.5 Å². The van der Waals surface area contributed by atoms with Gasteiger partial charge in [0.15, 0.2) is 0 Å². The number of ether oxygens (including phenoxy) is 1. The monoisotopic (exact) mass is 530 g/mol. The Morgan fingerprint density at radius 3 is 2.51 bits per heavy atom. The molecular weight excluding hydrogens is 498 g/mol. The molecule has 10 heteroatoms. The highest BCUT2D eigenvalue weighted by Crippen LogP contribution is 2.43. The van der Waals surface area contributed by atoms with Crippen molar-refractivity contribution >= 4 is 5.91 Å². The molecule has 3 aliphatic rings. The summed E-state index contributed by atoms with van der Waals surface area (Å²) in [6.07, 6.45) is -7.30. The third-order valence-electron chi connectivity index (χ3n) is 7.83. The smallest absolute Gasteiger partial charge is 0.376 e. The van der Waals surface area contributed by atoms with Crippen molar-refractivity contribution in [3.63, 3.8) is 0 Å². The average Bonchev–Trinajstić information content (AvgIpc) is 3.01. The van der Waals surface area contributed by atoms with Gasteiger partial charge >= 0.3 is 12.4 Å². The summed E-state index contributed by atoms with van der Waals surface area (Å²) in [5.74, 6) is -0.880. The molecule has 0 aromatic heterocycles. The molecule has 37 heavy (non-hydrogen) atoms. The summed E-state index contributed by atoms with van der Waals surface area (Å²) >= 11 is 0. The lowest BCUT2D eigenvalue weighted by Crippen LogP contribution is -2.54. The maximum absolute atomic E-state index is 13.4. The van der Waals surface area contributed by atoms with E-state index in [0.717, 1.165) is 24.5 Å². The van der Waals surface area contributed by atoms with Crippen molar-refractivity contribution in [1.82, 2.24) is 10.2 Å². The van der Waals surface area contributed by atoms with Crippen LogP contribution in [0.15, 0.2) is 53.6 Å². The summed E-state index contributed by atoms with van der Waals surface area (Å²) < 4.78 is 86.8.